The molecule has 0 aliphatic heterocycles. The maximum atomic E-state index is 15.7. The molecule has 2 aromatic carbocycles. The largest absolute Gasteiger partial charge is 0.497 e. The number of nitrogens with zero attached hydrogens (tertiary/aromatic N) is 4. The third kappa shape index (κ3) is 6.89. The standard InChI is InChI=1S/C24H27FN8O4/c1-33(24-28-8-3-9-29-24)32-23(30-14-35)21(31-16-6-4-15(5-7-16)22(26)27)18-12-17(36-2)13-19(20(18)25)37-11-10-34/h3-9,12-14,21,31,34H,10-11H2,1-2H3,(H3,26,27)(H,30,32,35). The van der Waals surface area contributed by atoms with E-state index in [2.05, 4.69) is 25.7 Å². The van der Waals surface area contributed by atoms with E-state index in [1.807, 2.05) is 0 Å². The fourth-order valence-electron chi connectivity index (χ4n) is 3.28. The van der Waals surface area contributed by atoms with Crippen LogP contribution in [-0.4, -0.2) is 60.5 Å². The Labute approximate surface area is 212 Å². The Morgan fingerprint density at radius 2 is 2.00 bits per heavy atom. The van der Waals surface area contributed by atoms with E-state index >= 15 is 4.39 Å². The summed E-state index contributed by atoms with van der Waals surface area (Å²) >= 11 is 0. The number of methoxy groups -OCH3 is 1. The van der Waals surface area contributed by atoms with Crippen LogP contribution < -0.4 is 30.8 Å². The Balaban J connectivity index is 2.15. The van der Waals surface area contributed by atoms with Crippen LogP contribution in [0.1, 0.15) is 17.2 Å². The number of nitrogen functional groups attached to an aromatic ring is 1. The van der Waals surface area contributed by atoms with Gasteiger partial charge in [0.25, 0.3) is 0 Å². The number of amidine groups is 2. The Morgan fingerprint density at radius 1 is 1.30 bits per heavy atom. The number of benzene rings is 2. The van der Waals surface area contributed by atoms with Gasteiger partial charge < -0.3 is 30.9 Å². The van der Waals surface area contributed by atoms with Crippen molar-refractivity contribution in [1.82, 2.24) is 15.3 Å². The first kappa shape index (κ1) is 26.8. The Bertz CT molecular complexity index is 1240. The molecule has 1 unspecified atom stereocenters. The molecule has 13 heteroatoms. The molecular weight excluding hydrogens is 483 g/mol. The van der Waals surface area contributed by atoms with Crippen molar-refractivity contribution in [3.8, 4) is 11.5 Å². The van der Waals surface area contributed by atoms with Gasteiger partial charge in [-0.25, -0.2) is 19.4 Å². The lowest BCUT2D eigenvalue weighted by Gasteiger charge is -2.25. The average molecular weight is 511 g/mol. The molecule has 0 radical (unpaired) electrons. The van der Waals surface area contributed by atoms with E-state index in [4.69, 9.17) is 25.7 Å². The van der Waals surface area contributed by atoms with E-state index in [9.17, 15) is 4.79 Å². The van der Waals surface area contributed by atoms with Crippen LogP contribution >= 0.6 is 0 Å². The van der Waals surface area contributed by atoms with Crippen LogP contribution in [-0.2, 0) is 4.79 Å². The zero-order chi connectivity index (χ0) is 26.8. The number of hydrazone groups is 1. The lowest BCUT2D eigenvalue weighted by Crippen LogP contribution is -2.36. The van der Waals surface area contributed by atoms with Gasteiger partial charge in [-0.3, -0.25) is 10.2 Å². The van der Waals surface area contributed by atoms with Gasteiger partial charge in [-0.2, -0.15) is 5.10 Å². The van der Waals surface area contributed by atoms with E-state index < -0.39 is 11.9 Å². The van der Waals surface area contributed by atoms with E-state index in [1.165, 1.54) is 36.6 Å². The summed E-state index contributed by atoms with van der Waals surface area (Å²) in [5, 5.41) is 28.2. The van der Waals surface area contributed by atoms with Gasteiger partial charge >= 0.3 is 0 Å². The highest BCUT2D eigenvalue weighted by Gasteiger charge is 2.27. The topological polar surface area (TPSA) is 171 Å². The van der Waals surface area contributed by atoms with E-state index in [-0.39, 0.29) is 47.9 Å². The first-order valence-corrected chi connectivity index (χ1v) is 11.0. The number of rotatable bonds is 12. The fourth-order valence-corrected chi connectivity index (χ4v) is 3.28. The van der Waals surface area contributed by atoms with E-state index in [0.717, 1.165) is 0 Å². The molecule has 6 N–H and O–H groups in total. The van der Waals surface area contributed by atoms with Crippen molar-refractivity contribution < 1.29 is 23.8 Å². The van der Waals surface area contributed by atoms with Gasteiger partial charge in [0.05, 0.1) is 13.7 Å². The van der Waals surface area contributed by atoms with Crippen molar-refractivity contribution in [2.45, 2.75) is 6.04 Å². The number of carbonyl (C=O) groups excluding carboxylic acids is 1. The maximum Gasteiger partial charge on any atom is 0.245 e. The second-order valence-corrected chi connectivity index (χ2v) is 7.49. The fraction of sp³-hybridized carbons (Fsp3) is 0.208. The number of halogens is 1. The third-order valence-electron chi connectivity index (χ3n) is 5.02. The molecule has 0 aliphatic rings. The molecular formula is C24H27FN8O4. The predicted molar refractivity (Wildman–Crippen MR) is 136 cm³/mol. The van der Waals surface area contributed by atoms with Crippen LogP contribution in [0.5, 0.6) is 11.5 Å². The highest BCUT2D eigenvalue weighted by atomic mass is 19.1. The van der Waals surface area contributed by atoms with Gasteiger partial charge in [0.2, 0.25) is 12.4 Å². The number of anilines is 2. The summed E-state index contributed by atoms with van der Waals surface area (Å²) in [7, 11) is 2.98. The predicted octanol–water partition coefficient (Wildman–Crippen LogP) is 1.63. The van der Waals surface area contributed by atoms with Crippen LogP contribution in [0, 0.1) is 11.2 Å². The van der Waals surface area contributed by atoms with Crippen molar-refractivity contribution in [2.75, 3.05) is 37.7 Å². The summed E-state index contributed by atoms with van der Waals surface area (Å²) < 4.78 is 26.4. The van der Waals surface area contributed by atoms with Crippen molar-refractivity contribution in [1.29, 1.82) is 5.41 Å². The molecule has 0 spiro atoms. The minimum absolute atomic E-state index is 0.000795. The molecule has 0 aliphatic carbocycles. The highest BCUT2D eigenvalue weighted by molar-refractivity contribution is 5.98. The monoisotopic (exact) mass is 510 g/mol. The molecule has 194 valence electrons. The third-order valence-corrected chi connectivity index (χ3v) is 5.02. The summed E-state index contributed by atoms with van der Waals surface area (Å²) in [5.41, 5.74) is 6.58. The number of aromatic nitrogens is 2. The zero-order valence-electron chi connectivity index (χ0n) is 20.2. The first-order chi connectivity index (χ1) is 17.9. The quantitative estimate of drug-likeness (QED) is 0.105. The summed E-state index contributed by atoms with van der Waals surface area (Å²) in [6, 6.07) is 9.87. The second kappa shape index (κ2) is 12.8. The molecule has 1 atom stereocenters. The summed E-state index contributed by atoms with van der Waals surface area (Å²) in [6.45, 7) is -0.465. The number of hydrogen-bond donors (Lipinski definition) is 5. The Morgan fingerprint density at radius 3 is 2.59 bits per heavy atom. The van der Waals surface area contributed by atoms with Gasteiger partial charge in [-0.1, -0.05) is 0 Å². The second-order valence-electron chi connectivity index (χ2n) is 7.49. The zero-order valence-corrected chi connectivity index (χ0v) is 20.2. The molecule has 37 heavy (non-hydrogen) atoms. The average Bonchev–Trinajstić information content (AvgIpc) is 2.91. The van der Waals surface area contributed by atoms with Crippen LogP contribution in [0.2, 0.25) is 0 Å². The normalized spacial score (nSPS) is 11.8. The lowest BCUT2D eigenvalue weighted by molar-refractivity contribution is -0.108. The van der Waals surface area contributed by atoms with Crippen LogP contribution in [0.4, 0.5) is 16.0 Å². The molecule has 0 bridgehead atoms. The van der Waals surface area contributed by atoms with E-state index in [0.29, 0.717) is 17.7 Å². The van der Waals surface area contributed by atoms with Crippen LogP contribution in [0.3, 0.4) is 0 Å². The number of nitrogens with two attached hydrogens (primary N) is 1. The van der Waals surface area contributed by atoms with Crippen molar-refractivity contribution in [3.05, 3.63) is 71.8 Å². The maximum absolute atomic E-state index is 15.7. The molecule has 12 nitrogen and oxygen atoms in total. The van der Waals surface area contributed by atoms with Crippen molar-refractivity contribution in [2.24, 2.45) is 10.8 Å². The van der Waals surface area contributed by atoms with Crippen LogP contribution in [0.15, 0.2) is 60.0 Å². The number of carbonyl (C=O) groups is 1. The minimum atomic E-state index is -1.08. The number of hydrogen-bond acceptors (Lipinski definition) is 10. The molecule has 1 heterocycles. The van der Waals surface area contributed by atoms with E-state index in [1.54, 1.807) is 37.4 Å². The number of nitrogens with one attached hydrogen (secondary N) is 3. The molecule has 3 rings (SSSR count). The molecule has 0 saturated heterocycles. The molecule has 0 fully saturated rings. The lowest BCUT2D eigenvalue weighted by atomic mass is 10.0. The summed E-state index contributed by atoms with van der Waals surface area (Å²) in [4.78, 5) is 19.8. The first-order valence-electron chi connectivity index (χ1n) is 11.0. The number of amides is 1. The highest BCUT2D eigenvalue weighted by Crippen LogP contribution is 2.33. The SMILES string of the molecule is COc1cc(OCCO)c(F)c(C(Nc2ccc(C(=N)N)cc2)/C(=N/N(C)c2ncccn2)NC=O)c1. The van der Waals surface area contributed by atoms with Gasteiger partial charge in [0.1, 0.15) is 24.2 Å². The van der Waals surface area contributed by atoms with Gasteiger partial charge in [-0.15, -0.1) is 0 Å². The smallest absolute Gasteiger partial charge is 0.245 e. The Hall–Kier alpha value is -4.78. The number of aliphatic hydroxyl groups is 1. The van der Waals surface area contributed by atoms with Gasteiger partial charge in [0.15, 0.2) is 17.4 Å². The number of aliphatic hydroxyl groups excluding tert-OH is 1. The minimum Gasteiger partial charge on any atom is -0.497 e. The molecule has 0 saturated carbocycles. The summed E-state index contributed by atoms with van der Waals surface area (Å²) in [6.07, 6.45) is 3.47. The van der Waals surface area contributed by atoms with Crippen LogP contribution in [0.25, 0.3) is 0 Å². The summed E-state index contributed by atoms with van der Waals surface area (Å²) in [5.74, 6) is -0.523. The van der Waals surface area contributed by atoms with Gasteiger partial charge in [0, 0.05) is 42.3 Å². The Kier molecular flexibility index (Phi) is 9.27. The molecule has 1 amide bonds. The molecule has 1 aromatic heterocycles. The van der Waals surface area contributed by atoms with Gasteiger partial charge in [-0.05, 0) is 36.4 Å². The van der Waals surface area contributed by atoms with Crippen molar-refractivity contribution in [3.63, 3.8) is 0 Å². The molecule has 3 aromatic rings. The number of ether oxygens (including phenoxy) is 2. The van der Waals surface area contributed by atoms with Crippen molar-refractivity contribution >= 4 is 29.7 Å².